The Hall–Kier alpha value is -1.96. The molecule has 0 aliphatic heterocycles. The first-order chi connectivity index (χ1) is 8.47. The van der Waals surface area contributed by atoms with E-state index < -0.39 is 11.7 Å². The molecule has 4 nitrogen and oxygen atoms in total. The summed E-state index contributed by atoms with van der Waals surface area (Å²) in [5, 5.41) is 10.1. The largest absolute Gasteiger partial charge is 0.416 e. The van der Waals surface area contributed by atoms with E-state index in [1.54, 1.807) is 0 Å². The van der Waals surface area contributed by atoms with Crippen molar-refractivity contribution in [2.24, 2.45) is 5.10 Å². The van der Waals surface area contributed by atoms with Gasteiger partial charge in [-0.05, 0) is 29.9 Å². The topological polar surface area (TPSA) is 46.0 Å². The maximum absolute atomic E-state index is 12.3. The van der Waals surface area contributed by atoms with Crippen LogP contribution in [0.2, 0.25) is 0 Å². The normalized spacial score (nSPS) is 12.2. The molecule has 0 fully saturated rings. The predicted molar refractivity (Wildman–Crippen MR) is 61.8 cm³/mol. The zero-order valence-corrected chi connectivity index (χ0v) is 9.66. The van der Waals surface area contributed by atoms with E-state index in [0.29, 0.717) is 10.3 Å². The highest BCUT2D eigenvalue weighted by Crippen LogP contribution is 2.28. The fourth-order valence-corrected chi connectivity index (χ4v) is 1.36. The van der Waals surface area contributed by atoms with Crippen molar-refractivity contribution in [1.82, 2.24) is 14.9 Å². The van der Waals surface area contributed by atoms with Crippen molar-refractivity contribution in [1.29, 1.82) is 0 Å². The van der Waals surface area contributed by atoms with Gasteiger partial charge in [0.05, 0.1) is 11.8 Å². The molecule has 1 heterocycles. The van der Waals surface area contributed by atoms with Gasteiger partial charge >= 0.3 is 6.18 Å². The van der Waals surface area contributed by atoms with E-state index >= 15 is 0 Å². The maximum atomic E-state index is 12.3. The minimum atomic E-state index is -4.33. The molecule has 8 heteroatoms. The lowest BCUT2D eigenvalue weighted by molar-refractivity contribution is -0.137. The molecule has 18 heavy (non-hydrogen) atoms. The van der Waals surface area contributed by atoms with Gasteiger partial charge in [-0.3, -0.25) is 5.10 Å². The van der Waals surface area contributed by atoms with E-state index in [1.807, 2.05) is 0 Å². The van der Waals surface area contributed by atoms with Crippen LogP contribution in [0.5, 0.6) is 0 Å². The summed E-state index contributed by atoms with van der Waals surface area (Å²) in [5.41, 5.74) is -0.161. The number of hydrogen-bond acceptors (Lipinski definition) is 3. The maximum Gasteiger partial charge on any atom is 0.416 e. The summed E-state index contributed by atoms with van der Waals surface area (Å²) in [7, 11) is 0. The van der Waals surface area contributed by atoms with Crippen LogP contribution in [0.15, 0.2) is 35.7 Å². The van der Waals surface area contributed by atoms with Crippen molar-refractivity contribution >= 4 is 18.4 Å². The second-order valence-corrected chi connectivity index (χ2v) is 3.76. The summed E-state index contributed by atoms with van der Waals surface area (Å²) >= 11 is 4.85. The van der Waals surface area contributed by atoms with E-state index in [-0.39, 0.29) is 0 Å². The average Bonchev–Trinajstić information content (AvgIpc) is 2.72. The van der Waals surface area contributed by atoms with E-state index in [9.17, 15) is 13.2 Å². The van der Waals surface area contributed by atoms with Crippen molar-refractivity contribution in [2.45, 2.75) is 6.18 Å². The van der Waals surface area contributed by atoms with Gasteiger partial charge in [0.2, 0.25) is 4.77 Å². The number of nitrogens with zero attached hydrogens (tertiary/aromatic N) is 3. The second kappa shape index (κ2) is 4.73. The summed E-state index contributed by atoms with van der Waals surface area (Å²) in [4.78, 5) is 0. The van der Waals surface area contributed by atoms with Crippen LogP contribution < -0.4 is 0 Å². The molecule has 0 bridgehead atoms. The Morgan fingerprint density at radius 3 is 2.44 bits per heavy atom. The molecular weight excluding hydrogens is 265 g/mol. The molecule has 0 saturated heterocycles. The van der Waals surface area contributed by atoms with Crippen molar-refractivity contribution < 1.29 is 13.2 Å². The Morgan fingerprint density at radius 1 is 1.28 bits per heavy atom. The molecule has 0 unspecified atom stereocenters. The van der Waals surface area contributed by atoms with Crippen molar-refractivity contribution in [3.05, 3.63) is 46.5 Å². The van der Waals surface area contributed by atoms with E-state index in [0.717, 1.165) is 12.1 Å². The molecule has 0 atom stereocenters. The standard InChI is InChI=1S/C10H7F3N4S/c11-10(12,13)8-3-1-7(2-4-8)5-15-17-6-14-16-9(17)18/h1-6H,(H,16,18)/b15-5-. The molecule has 1 aromatic heterocycles. The Labute approximate surface area is 105 Å². The quantitative estimate of drug-likeness (QED) is 0.675. The van der Waals surface area contributed by atoms with Crippen LogP contribution >= 0.6 is 12.2 Å². The molecular formula is C10H7F3N4S. The number of benzene rings is 1. The van der Waals surface area contributed by atoms with Gasteiger partial charge in [0, 0.05) is 0 Å². The Balaban J connectivity index is 2.19. The van der Waals surface area contributed by atoms with Gasteiger partial charge in [-0.15, -0.1) is 0 Å². The lowest BCUT2D eigenvalue weighted by Crippen LogP contribution is -2.04. The molecule has 0 saturated carbocycles. The van der Waals surface area contributed by atoms with E-state index in [2.05, 4.69) is 15.3 Å². The number of alkyl halides is 3. The van der Waals surface area contributed by atoms with Crippen LogP contribution in [-0.4, -0.2) is 21.1 Å². The zero-order chi connectivity index (χ0) is 13.2. The van der Waals surface area contributed by atoms with Crippen LogP contribution in [0.25, 0.3) is 0 Å². The first-order valence-electron chi connectivity index (χ1n) is 4.80. The number of halogens is 3. The molecule has 2 aromatic rings. The van der Waals surface area contributed by atoms with Gasteiger partial charge in [0.1, 0.15) is 6.33 Å². The first kappa shape index (κ1) is 12.5. The minimum absolute atomic E-state index is 0.304. The Bertz CT molecular complexity index is 609. The van der Waals surface area contributed by atoms with Gasteiger partial charge in [-0.25, -0.2) is 0 Å². The summed E-state index contributed by atoms with van der Waals surface area (Å²) in [6.07, 6.45) is -1.57. The fourth-order valence-electron chi connectivity index (χ4n) is 1.21. The number of aromatic amines is 1. The average molecular weight is 272 g/mol. The van der Waals surface area contributed by atoms with Gasteiger partial charge in [0.15, 0.2) is 0 Å². The fraction of sp³-hybridized carbons (Fsp3) is 0.100. The Morgan fingerprint density at radius 2 is 1.94 bits per heavy atom. The van der Waals surface area contributed by atoms with Crippen molar-refractivity contribution in [3.63, 3.8) is 0 Å². The number of H-pyrrole nitrogens is 1. The van der Waals surface area contributed by atoms with E-state index in [4.69, 9.17) is 12.2 Å². The lowest BCUT2D eigenvalue weighted by atomic mass is 10.1. The molecule has 0 amide bonds. The van der Waals surface area contributed by atoms with Crippen LogP contribution in [-0.2, 0) is 6.18 Å². The number of rotatable bonds is 2. The second-order valence-electron chi connectivity index (χ2n) is 3.37. The third-order valence-electron chi connectivity index (χ3n) is 2.10. The molecule has 0 radical (unpaired) electrons. The van der Waals surface area contributed by atoms with Crippen LogP contribution in [0.1, 0.15) is 11.1 Å². The Kier molecular flexibility index (Phi) is 3.28. The van der Waals surface area contributed by atoms with Gasteiger partial charge in [0.25, 0.3) is 0 Å². The lowest BCUT2D eigenvalue weighted by Gasteiger charge is -2.05. The smallest absolute Gasteiger partial charge is 0.250 e. The van der Waals surface area contributed by atoms with Crippen LogP contribution in [0, 0.1) is 4.77 Å². The van der Waals surface area contributed by atoms with Crippen LogP contribution in [0.3, 0.4) is 0 Å². The number of nitrogens with one attached hydrogen (secondary N) is 1. The van der Waals surface area contributed by atoms with Gasteiger partial charge in [-0.1, -0.05) is 12.1 Å². The summed E-state index contributed by atoms with van der Waals surface area (Å²) in [6, 6.07) is 4.65. The van der Waals surface area contributed by atoms with Crippen molar-refractivity contribution in [2.75, 3.05) is 0 Å². The highest BCUT2D eigenvalue weighted by atomic mass is 32.1. The minimum Gasteiger partial charge on any atom is -0.250 e. The SMILES string of the molecule is FC(F)(F)c1ccc(/C=N\n2cn[nH]c2=S)cc1. The van der Waals surface area contributed by atoms with Crippen molar-refractivity contribution in [3.8, 4) is 0 Å². The highest BCUT2D eigenvalue weighted by Gasteiger charge is 2.29. The first-order valence-corrected chi connectivity index (χ1v) is 5.21. The highest BCUT2D eigenvalue weighted by molar-refractivity contribution is 7.71. The number of aromatic nitrogens is 3. The monoisotopic (exact) mass is 272 g/mol. The zero-order valence-electron chi connectivity index (χ0n) is 8.85. The summed E-state index contributed by atoms with van der Waals surface area (Å²) in [6.45, 7) is 0. The van der Waals surface area contributed by atoms with Gasteiger partial charge < -0.3 is 0 Å². The third-order valence-corrected chi connectivity index (χ3v) is 2.38. The molecule has 0 aliphatic rings. The molecule has 0 spiro atoms. The predicted octanol–water partition coefficient (Wildman–Crippen LogP) is 2.84. The molecule has 2 rings (SSSR count). The van der Waals surface area contributed by atoms with Crippen LogP contribution in [0.4, 0.5) is 13.2 Å². The summed E-state index contributed by atoms with van der Waals surface area (Å²) < 4.78 is 38.6. The van der Waals surface area contributed by atoms with Gasteiger partial charge in [-0.2, -0.15) is 28.0 Å². The van der Waals surface area contributed by atoms with E-state index in [1.165, 1.54) is 29.4 Å². The third kappa shape index (κ3) is 2.83. The molecule has 0 aliphatic carbocycles. The summed E-state index contributed by atoms with van der Waals surface area (Å²) in [5.74, 6) is 0. The molecule has 1 aromatic carbocycles. The molecule has 94 valence electrons. The number of hydrogen-bond donors (Lipinski definition) is 1. The molecule has 1 N–H and O–H groups in total.